The average molecular weight is 384 g/mol. The maximum absolute atomic E-state index is 13.0. The van der Waals surface area contributed by atoms with Gasteiger partial charge in [-0.05, 0) is 45.8 Å². The summed E-state index contributed by atoms with van der Waals surface area (Å²) in [6.45, 7) is 4.26. The molecule has 2 aliphatic rings. The van der Waals surface area contributed by atoms with E-state index in [2.05, 4.69) is 24.0 Å². The summed E-state index contributed by atoms with van der Waals surface area (Å²) in [6.07, 6.45) is 7.92. The maximum atomic E-state index is 13.0. The molecule has 3 rings (SSSR count). The second-order valence-electron chi connectivity index (χ2n) is 8.53. The van der Waals surface area contributed by atoms with E-state index in [-0.39, 0.29) is 23.4 Å². The molecule has 2 amide bonds. The van der Waals surface area contributed by atoms with Crippen molar-refractivity contribution in [1.82, 2.24) is 14.7 Å². The van der Waals surface area contributed by atoms with Crippen LogP contribution in [-0.4, -0.2) is 65.3 Å². The van der Waals surface area contributed by atoms with Crippen molar-refractivity contribution >= 4 is 11.8 Å². The van der Waals surface area contributed by atoms with Crippen molar-refractivity contribution in [1.29, 1.82) is 0 Å². The predicted molar refractivity (Wildman–Crippen MR) is 112 cm³/mol. The number of nitrogens with zero attached hydrogens (tertiary/aromatic N) is 3. The number of hydrogen-bond donors (Lipinski definition) is 0. The topological polar surface area (TPSA) is 43.9 Å². The van der Waals surface area contributed by atoms with Gasteiger partial charge in [-0.1, -0.05) is 42.8 Å². The number of hydrogen-bond acceptors (Lipinski definition) is 3. The van der Waals surface area contributed by atoms with Crippen molar-refractivity contribution in [2.24, 2.45) is 0 Å². The predicted octanol–water partition coefficient (Wildman–Crippen LogP) is 3.07. The van der Waals surface area contributed by atoms with Crippen LogP contribution in [-0.2, 0) is 16.1 Å². The summed E-state index contributed by atoms with van der Waals surface area (Å²) in [5, 5.41) is 0. The summed E-state index contributed by atoms with van der Waals surface area (Å²) in [5.74, 6) is 0.289. The van der Waals surface area contributed by atoms with Crippen molar-refractivity contribution in [2.45, 2.75) is 57.2 Å². The number of carbonyl (C=O) groups excluding carboxylic acids is 2. The lowest BCUT2D eigenvalue weighted by molar-refractivity contribution is -0.142. The molecule has 28 heavy (non-hydrogen) atoms. The Morgan fingerprint density at radius 2 is 2.00 bits per heavy atom. The van der Waals surface area contributed by atoms with Crippen molar-refractivity contribution in [2.75, 3.05) is 27.2 Å². The van der Waals surface area contributed by atoms with Gasteiger partial charge >= 0.3 is 0 Å². The number of likely N-dealkylation sites (tertiary alicyclic amines) is 2. The minimum absolute atomic E-state index is 0.0725. The van der Waals surface area contributed by atoms with Gasteiger partial charge in [0.15, 0.2) is 0 Å². The van der Waals surface area contributed by atoms with Crippen LogP contribution < -0.4 is 0 Å². The Kier molecular flexibility index (Phi) is 6.55. The molecule has 0 unspecified atom stereocenters. The van der Waals surface area contributed by atoms with Crippen LogP contribution in [0.15, 0.2) is 42.5 Å². The Balaban J connectivity index is 1.83. The van der Waals surface area contributed by atoms with E-state index < -0.39 is 0 Å². The van der Waals surface area contributed by atoms with Crippen molar-refractivity contribution in [3.63, 3.8) is 0 Å². The molecule has 1 aromatic carbocycles. The van der Waals surface area contributed by atoms with Crippen LogP contribution in [0.4, 0.5) is 0 Å². The molecule has 0 radical (unpaired) electrons. The Hall–Kier alpha value is -2.14. The molecule has 0 saturated carbocycles. The molecule has 2 fully saturated rings. The van der Waals surface area contributed by atoms with Crippen LogP contribution in [0.3, 0.4) is 0 Å². The van der Waals surface area contributed by atoms with Gasteiger partial charge in [0.05, 0.1) is 11.6 Å². The van der Waals surface area contributed by atoms with E-state index in [4.69, 9.17) is 0 Å². The minimum atomic E-state index is -0.307. The Bertz CT molecular complexity index is 716. The van der Waals surface area contributed by atoms with E-state index in [1.54, 1.807) is 6.08 Å². The first-order valence-corrected chi connectivity index (χ1v) is 10.4. The second kappa shape index (κ2) is 8.91. The smallest absolute Gasteiger partial charge is 0.246 e. The van der Waals surface area contributed by atoms with Crippen LogP contribution in [0.25, 0.3) is 0 Å². The molecule has 5 nitrogen and oxygen atoms in total. The highest BCUT2D eigenvalue weighted by Gasteiger charge is 2.50. The van der Waals surface area contributed by atoms with Gasteiger partial charge in [0.1, 0.15) is 0 Å². The van der Waals surface area contributed by atoms with Gasteiger partial charge in [-0.25, -0.2) is 0 Å². The largest absolute Gasteiger partial charge is 0.334 e. The monoisotopic (exact) mass is 383 g/mol. The highest BCUT2D eigenvalue weighted by Crippen LogP contribution is 2.40. The number of likely N-dealkylation sites (N-methyl/N-ethyl adjacent to an activating group) is 1. The van der Waals surface area contributed by atoms with E-state index in [0.717, 1.165) is 37.8 Å². The van der Waals surface area contributed by atoms with Gasteiger partial charge in [0.2, 0.25) is 11.8 Å². The fourth-order valence-electron chi connectivity index (χ4n) is 4.58. The van der Waals surface area contributed by atoms with Gasteiger partial charge in [-0.3, -0.25) is 9.59 Å². The summed E-state index contributed by atoms with van der Waals surface area (Å²) in [7, 11) is 3.98. The van der Waals surface area contributed by atoms with Gasteiger partial charge in [-0.15, -0.1) is 0 Å². The quantitative estimate of drug-likeness (QED) is 0.734. The molecule has 2 aliphatic heterocycles. The first kappa shape index (κ1) is 20.6. The molecule has 0 spiro atoms. The first-order valence-electron chi connectivity index (χ1n) is 10.4. The number of fused-ring (bicyclic) bond motifs is 1. The second-order valence-corrected chi connectivity index (χ2v) is 8.53. The Morgan fingerprint density at radius 1 is 1.25 bits per heavy atom. The van der Waals surface area contributed by atoms with Crippen molar-refractivity contribution in [3.05, 3.63) is 48.0 Å². The highest BCUT2D eigenvalue weighted by molar-refractivity contribution is 5.88. The normalized spacial score (nSPS) is 25.9. The van der Waals surface area contributed by atoms with Gasteiger partial charge in [0.25, 0.3) is 0 Å². The van der Waals surface area contributed by atoms with Crippen LogP contribution in [0.2, 0.25) is 0 Å². The zero-order chi connectivity index (χ0) is 20.1. The third kappa shape index (κ3) is 4.46. The SMILES string of the molecule is CN(C)C/C=C/C(=O)N1CC[C@@]2(C)[C@@H]1CCCCC(=O)N2Cc1ccccc1. The summed E-state index contributed by atoms with van der Waals surface area (Å²) < 4.78 is 0. The zero-order valence-corrected chi connectivity index (χ0v) is 17.4. The lowest BCUT2D eigenvalue weighted by Crippen LogP contribution is -2.58. The lowest BCUT2D eigenvalue weighted by Gasteiger charge is -2.45. The van der Waals surface area contributed by atoms with E-state index >= 15 is 0 Å². The molecule has 5 heteroatoms. The third-order valence-electron chi connectivity index (χ3n) is 6.19. The molecular formula is C23H33N3O2. The number of amides is 2. The fourth-order valence-corrected chi connectivity index (χ4v) is 4.58. The maximum Gasteiger partial charge on any atom is 0.246 e. The van der Waals surface area contributed by atoms with Crippen LogP contribution in [0.5, 0.6) is 0 Å². The summed E-state index contributed by atoms with van der Waals surface area (Å²) in [6, 6.07) is 10.3. The lowest BCUT2D eigenvalue weighted by atomic mass is 9.84. The molecule has 152 valence electrons. The Morgan fingerprint density at radius 3 is 2.71 bits per heavy atom. The van der Waals surface area contributed by atoms with Crippen molar-refractivity contribution < 1.29 is 9.59 Å². The van der Waals surface area contributed by atoms with Crippen molar-refractivity contribution in [3.8, 4) is 0 Å². The van der Waals surface area contributed by atoms with Gasteiger partial charge < -0.3 is 14.7 Å². The molecule has 2 heterocycles. The summed E-state index contributed by atoms with van der Waals surface area (Å²) >= 11 is 0. The van der Waals surface area contributed by atoms with Crippen LogP contribution in [0, 0.1) is 0 Å². The molecule has 0 aromatic heterocycles. The van der Waals surface area contributed by atoms with Crippen LogP contribution in [0.1, 0.15) is 44.6 Å². The van der Waals surface area contributed by atoms with Gasteiger partial charge in [0, 0.05) is 32.1 Å². The summed E-state index contributed by atoms with van der Waals surface area (Å²) in [5.41, 5.74) is 0.838. The molecule has 0 N–H and O–H groups in total. The average Bonchev–Trinajstić information content (AvgIpc) is 2.99. The molecule has 2 saturated heterocycles. The molecule has 2 atom stereocenters. The molecule has 0 bridgehead atoms. The Labute approximate surface area is 169 Å². The molecular weight excluding hydrogens is 350 g/mol. The standard InChI is InChI=1S/C23H33N3O2/c1-23-15-17-25(21(27)14-9-16-24(2)3)20(23)12-7-8-13-22(28)26(23)18-19-10-5-4-6-11-19/h4-6,9-11,14,20H,7-8,12-13,15-18H2,1-3H3/b14-9+/t20-,23-/m0/s1. The van der Waals surface area contributed by atoms with E-state index in [9.17, 15) is 9.59 Å². The molecule has 0 aliphatic carbocycles. The third-order valence-corrected chi connectivity index (χ3v) is 6.19. The summed E-state index contributed by atoms with van der Waals surface area (Å²) in [4.78, 5) is 32.0. The first-order chi connectivity index (χ1) is 13.4. The van der Waals surface area contributed by atoms with Crippen LogP contribution >= 0.6 is 0 Å². The number of carbonyl (C=O) groups is 2. The van der Waals surface area contributed by atoms with E-state index in [1.807, 2.05) is 48.2 Å². The highest BCUT2D eigenvalue weighted by atomic mass is 16.2. The zero-order valence-electron chi connectivity index (χ0n) is 17.4. The fraction of sp³-hybridized carbons (Fsp3) is 0.565. The van der Waals surface area contributed by atoms with E-state index in [1.165, 1.54) is 0 Å². The van der Waals surface area contributed by atoms with E-state index in [0.29, 0.717) is 19.5 Å². The minimum Gasteiger partial charge on any atom is -0.334 e. The number of benzene rings is 1. The number of rotatable bonds is 5. The van der Waals surface area contributed by atoms with Gasteiger partial charge in [-0.2, -0.15) is 0 Å². The molecule has 1 aromatic rings.